The van der Waals surface area contributed by atoms with Crippen molar-refractivity contribution in [1.29, 1.82) is 0 Å². The Labute approximate surface area is 174 Å². The van der Waals surface area contributed by atoms with Gasteiger partial charge < -0.3 is 14.6 Å². The van der Waals surface area contributed by atoms with Gasteiger partial charge in [-0.15, -0.1) is 0 Å². The fraction of sp³-hybridized carbons (Fsp3) is 0.263. The number of hydrogen-bond acceptors (Lipinski definition) is 5. The molecule has 0 aliphatic rings. The highest BCUT2D eigenvalue weighted by Gasteiger charge is 2.09. The van der Waals surface area contributed by atoms with Crippen LogP contribution in [0.1, 0.15) is 30.9 Å². The van der Waals surface area contributed by atoms with Crippen LogP contribution in [0.15, 0.2) is 44.4 Å². The second-order valence-corrected chi connectivity index (χ2v) is 7.69. The smallest absolute Gasteiger partial charge is 0.277 e. The van der Waals surface area contributed by atoms with Gasteiger partial charge in [0, 0.05) is 0 Å². The molecule has 0 spiro atoms. The van der Waals surface area contributed by atoms with E-state index in [1.807, 2.05) is 18.2 Å². The number of phenolic OH excluding ortho intramolecular Hbond substituents is 1. The van der Waals surface area contributed by atoms with E-state index in [9.17, 15) is 9.90 Å². The van der Waals surface area contributed by atoms with Gasteiger partial charge in [0.2, 0.25) is 0 Å². The van der Waals surface area contributed by atoms with E-state index >= 15 is 0 Å². The van der Waals surface area contributed by atoms with Crippen molar-refractivity contribution in [2.24, 2.45) is 5.10 Å². The Kier molecular flexibility index (Phi) is 7.67. The van der Waals surface area contributed by atoms with Gasteiger partial charge in [-0.3, -0.25) is 4.79 Å². The van der Waals surface area contributed by atoms with E-state index < -0.39 is 5.91 Å². The van der Waals surface area contributed by atoms with Crippen molar-refractivity contribution >= 4 is 44.0 Å². The van der Waals surface area contributed by atoms with Gasteiger partial charge in [-0.2, -0.15) is 5.10 Å². The van der Waals surface area contributed by atoms with Crippen molar-refractivity contribution in [3.05, 3.63) is 50.4 Å². The van der Waals surface area contributed by atoms with Gasteiger partial charge in [-0.05, 0) is 73.2 Å². The van der Waals surface area contributed by atoms with Gasteiger partial charge in [0.25, 0.3) is 5.91 Å². The van der Waals surface area contributed by atoms with Crippen molar-refractivity contribution in [2.45, 2.75) is 19.8 Å². The van der Waals surface area contributed by atoms with Gasteiger partial charge in [0.05, 0.1) is 22.3 Å². The fourth-order valence-electron chi connectivity index (χ4n) is 2.17. The summed E-state index contributed by atoms with van der Waals surface area (Å²) in [6.45, 7) is 4.05. The summed E-state index contributed by atoms with van der Waals surface area (Å²) in [5.74, 6) is 0.907. The number of hydrazone groups is 1. The van der Waals surface area contributed by atoms with Gasteiger partial charge in [0.1, 0.15) is 5.75 Å². The van der Waals surface area contributed by atoms with Crippen LogP contribution in [0.3, 0.4) is 0 Å². The summed E-state index contributed by atoms with van der Waals surface area (Å²) in [5.41, 5.74) is 4.22. The Balaban J connectivity index is 1.91. The molecule has 2 aromatic carbocycles. The molecule has 2 rings (SSSR count). The van der Waals surface area contributed by atoms with Crippen LogP contribution >= 0.6 is 31.9 Å². The predicted molar refractivity (Wildman–Crippen MR) is 112 cm³/mol. The Bertz CT molecular complexity index is 854. The van der Waals surface area contributed by atoms with Gasteiger partial charge in [-0.25, -0.2) is 5.43 Å². The number of halogens is 2. The van der Waals surface area contributed by atoms with Crippen LogP contribution in [-0.2, 0) is 4.79 Å². The van der Waals surface area contributed by atoms with E-state index in [2.05, 4.69) is 56.2 Å². The molecule has 0 unspecified atom stereocenters. The number of amides is 1. The topological polar surface area (TPSA) is 80.2 Å². The highest BCUT2D eigenvalue weighted by Crippen LogP contribution is 2.34. The van der Waals surface area contributed by atoms with Crippen LogP contribution in [-0.4, -0.2) is 30.9 Å². The van der Waals surface area contributed by atoms with E-state index in [4.69, 9.17) is 9.47 Å². The number of phenols is 1. The summed E-state index contributed by atoms with van der Waals surface area (Å²) in [4.78, 5) is 11.9. The molecule has 0 saturated heterocycles. The number of nitrogens with one attached hydrogen (secondary N) is 1. The summed E-state index contributed by atoms with van der Waals surface area (Å²) >= 11 is 6.68. The Morgan fingerprint density at radius 2 is 1.96 bits per heavy atom. The van der Waals surface area contributed by atoms with E-state index in [1.54, 1.807) is 12.1 Å². The maximum atomic E-state index is 11.9. The third-order valence-electron chi connectivity index (χ3n) is 3.65. The average molecular weight is 500 g/mol. The number of benzene rings is 2. The van der Waals surface area contributed by atoms with E-state index in [0.29, 0.717) is 27.5 Å². The number of carbonyl (C=O) groups excluding carboxylic acids is 1. The van der Waals surface area contributed by atoms with Crippen LogP contribution < -0.4 is 14.9 Å². The Morgan fingerprint density at radius 3 is 2.59 bits per heavy atom. The zero-order chi connectivity index (χ0) is 20.0. The molecule has 0 radical (unpaired) electrons. The van der Waals surface area contributed by atoms with Crippen molar-refractivity contribution in [1.82, 2.24) is 5.43 Å². The minimum Gasteiger partial charge on any atom is -0.503 e. The Morgan fingerprint density at radius 1 is 1.22 bits per heavy atom. The Hall–Kier alpha value is -2.06. The summed E-state index contributed by atoms with van der Waals surface area (Å²) < 4.78 is 11.8. The molecule has 0 fully saturated rings. The summed E-state index contributed by atoms with van der Waals surface area (Å²) in [6.07, 6.45) is 1.44. The average Bonchev–Trinajstić information content (AvgIpc) is 2.63. The summed E-state index contributed by atoms with van der Waals surface area (Å²) in [6, 6.07) is 9.02. The molecular weight excluding hydrogens is 480 g/mol. The predicted octanol–water partition coefficient (Wildman–Crippen LogP) is 4.58. The minimum atomic E-state index is -0.393. The molecule has 8 heteroatoms. The van der Waals surface area contributed by atoms with Crippen molar-refractivity contribution in [3.8, 4) is 17.2 Å². The lowest BCUT2D eigenvalue weighted by atomic mass is 10.0. The van der Waals surface area contributed by atoms with Gasteiger partial charge in [-0.1, -0.05) is 19.9 Å². The number of carbonyl (C=O) groups is 1. The SMILES string of the molecule is COc1cc(/C=N/NC(=O)COc2ccc(C(C)C)cc2Br)cc(Br)c1O. The van der Waals surface area contributed by atoms with Gasteiger partial charge in [0.15, 0.2) is 18.1 Å². The maximum absolute atomic E-state index is 11.9. The molecule has 0 heterocycles. The quantitative estimate of drug-likeness (QED) is 0.431. The number of ether oxygens (including phenoxy) is 2. The third-order valence-corrected chi connectivity index (χ3v) is 4.88. The van der Waals surface area contributed by atoms with E-state index in [0.717, 1.165) is 4.47 Å². The van der Waals surface area contributed by atoms with Crippen molar-refractivity contribution in [3.63, 3.8) is 0 Å². The van der Waals surface area contributed by atoms with E-state index in [-0.39, 0.29) is 12.4 Å². The van der Waals surface area contributed by atoms with Gasteiger partial charge >= 0.3 is 0 Å². The normalized spacial score (nSPS) is 11.0. The van der Waals surface area contributed by atoms with Crippen molar-refractivity contribution < 1.29 is 19.4 Å². The van der Waals surface area contributed by atoms with Crippen molar-refractivity contribution in [2.75, 3.05) is 13.7 Å². The van der Waals surface area contributed by atoms with E-state index in [1.165, 1.54) is 18.9 Å². The first kappa shape index (κ1) is 21.2. The first-order valence-electron chi connectivity index (χ1n) is 8.12. The number of rotatable bonds is 7. The van der Waals surface area contributed by atoms with Crippen LogP contribution in [0.2, 0.25) is 0 Å². The molecule has 2 N–H and O–H groups in total. The highest BCUT2D eigenvalue weighted by molar-refractivity contribution is 9.10. The van der Waals surface area contributed by atoms with Crippen LogP contribution in [0, 0.1) is 0 Å². The lowest BCUT2D eigenvalue weighted by Gasteiger charge is -2.10. The molecule has 144 valence electrons. The maximum Gasteiger partial charge on any atom is 0.277 e. The van der Waals surface area contributed by atoms with Crippen LogP contribution in [0.5, 0.6) is 17.2 Å². The minimum absolute atomic E-state index is 0.00106. The second kappa shape index (κ2) is 9.75. The third kappa shape index (κ3) is 5.97. The lowest BCUT2D eigenvalue weighted by molar-refractivity contribution is -0.123. The molecule has 0 atom stereocenters. The number of hydrogen-bond donors (Lipinski definition) is 2. The first-order chi connectivity index (χ1) is 12.8. The largest absolute Gasteiger partial charge is 0.503 e. The first-order valence-corrected chi connectivity index (χ1v) is 9.71. The zero-order valence-electron chi connectivity index (χ0n) is 15.1. The number of nitrogens with zero attached hydrogens (tertiary/aromatic N) is 1. The molecule has 1 amide bonds. The standard InChI is InChI=1S/C19H20Br2N2O4/c1-11(2)13-4-5-16(14(20)8-13)27-10-18(24)23-22-9-12-6-15(21)19(25)17(7-12)26-3/h4-9,11,25H,10H2,1-3H3,(H,23,24)/b22-9+. The lowest BCUT2D eigenvalue weighted by Crippen LogP contribution is -2.24. The number of methoxy groups -OCH3 is 1. The zero-order valence-corrected chi connectivity index (χ0v) is 18.3. The summed E-state index contributed by atoms with van der Waals surface area (Å²) in [5, 5.41) is 13.7. The molecule has 0 aliphatic carbocycles. The van der Waals surface area contributed by atoms with Crippen LogP contribution in [0.4, 0.5) is 0 Å². The molecular formula is C19H20Br2N2O4. The second-order valence-electron chi connectivity index (χ2n) is 5.98. The number of aromatic hydroxyl groups is 1. The molecule has 0 bridgehead atoms. The summed E-state index contributed by atoms with van der Waals surface area (Å²) in [7, 11) is 1.45. The molecule has 6 nitrogen and oxygen atoms in total. The fourth-order valence-corrected chi connectivity index (χ4v) is 3.14. The monoisotopic (exact) mass is 498 g/mol. The van der Waals surface area contributed by atoms with Crippen LogP contribution in [0.25, 0.3) is 0 Å². The molecule has 2 aromatic rings. The molecule has 0 saturated carbocycles. The molecule has 0 aliphatic heterocycles. The molecule has 27 heavy (non-hydrogen) atoms. The molecule has 0 aromatic heterocycles. The highest BCUT2D eigenvalue weighted by atomic mass is 79.9.